The van der Waals surface area contributed by atoms with Crippen molar-refractivity contribution in [2.45, 2.75) is 33.3 Å². The molecule has 1 aliphatic heterocycles. The summed E-state index contributed by atoms with van der Waals surface area (Å²) in [6, 6.07) is 0. The highest BCUT2D eigenvalue weighted by Crippen LogP contribution is 2.29. The van der Waals surface area contributed by atoms with Crippen LogP contribution in [0.2, 0.25) is 0 Å². The third kappa shape index (κ3) is 3.93. The quantitative estimate of drug-likeness (QED) is 0.686. The summed E-state index contributed by atoms with van der Waals surface area (Å²) >= 11 is 0. The van der Waals surface area contributed by atoms with Gasteiger partial charge in [0.1, 0.15) is 0 Å². The van der Waals surface area contributed by atoms with Crippen LogP contribution in [0.1, 0.15) is 27.2 Å². The Labute approximate surface area is 93.0 Å². The van der Waals surface area contributed by atoms with Gasteiger partial charge in [-0.2, -0.15) is 0 Å². The van der Waals surface area contributed by atoms with E-state index in [1.54, 1.807) is 0 Å². The largest absolute Gasteiger partial charge is 0.390 e. The maximum absolute atomic E-state index is 9.45. The van der Waals surface area contributed by atoms with Gasteiger partial charge >= 0.3 is 0 Å². The van der Waals surface area contributed by atoms with Gasteiger partial charge in [0.15, 0.2) is 0 Å². The molecule has 0 saturated carbocycles. The summed E-state index contributed by atoms with van der Waals surface area (Å²) in [5, 5.41) is 9.45. The van der Waals surface area contributed by atoms with Crippen LogP contribution in [0.15, 0.2) is 11.6 Å². The molecule has 3 nitrogen and oxygen atoms in total. The predicted molar refractivity (Wildman–Crippen MR) is 63.7 cm³/mol. The average Bonchev–Trinajstić information content (AvgIpc) is 2.17. The van der Waals surface area contributed by atoms with E-state index in [1.165, 1.54) is 5.57 Å². The van der Waals surface area contributed by atoms with Gasteiger partial charge in [-0.1, -0.05) is 32.4 Å². The Hall–Kier alpha value is -0.380. The molecule has 1 unspecified atom stereocenters. The Morgan fingerprint density at radius 3 is 2.60 bits per heavy atom. The standard InChI is InChI=1S/C12H24N2O/c1-12(2,3)10-4-6-14(7-5-10)9-11(15)8-13/h4,11,15H,5-9,13H2,1-3H3. The van der Waals surface area contributed by atoms with E-state index in [4.69, 9.17) is 5.73 Å². The van der Waals surface area contributed by atoms with E-state index in [9.17, 15) is 5.11 Å². The summed E-state index contributed by atoms with van der Waals surface area (Å²) in [4.78, 5) is 2.26. The molecular formula is C12H24N2O. The van der Waals surface area contributed by atoms with Crippen molar-refractivity contribution < 1.29 is 5.11 Å². The molecule has 0 bridgehead atoms. The lowest BCUT2D eigenvalue weighted by molar-refractivity contribution is 0.121. The molecule has 0 spiro atoms. The van der Waals surface area contributed by atoms with Gasteiger partial charge < -0.3 is 10.8 Å². The first-order valence-electron chi connectivity index (χ1n) is 5.73. The van der Waals surface area contributed by atoms with Crippen molar-refractivity contribution in [1.82, 2.24) is 4.90 Å². The van der Waals surface area contributed by atoms with Gasteiger partial charge in [0, 0.05) is 26.2 Å². The van der Waals surface area contributed by atoms with Crippen LogP contribution in [0.4, 0.5) is 0 Å². The summed E-state index contributed by atoms with van der Waals surface area (Å²) in [6.07, 6.45) is 3.03. The zero-order chi connectivity index (χ0) is 11.5. The van der Waals surface area contributed by atoms with E-state index >= 15 is 0 Å². The van der Waals surface area contributed by atoms with Crippen molar-refractivity contribution in [3.05, 3.63) is 11.6 Å². The van der Waals surface area contributed by atoms with E-state index in [-0.39, 0.29) is 6.10 Å². The summed E-state index contributed by atoms with van der Waals surface area (Å²) in [7, 11) is 0. The Kier molecular flexibility index (Phi) is 4.32. The number of β-amino-alcohol motifs (C(OH)–C–C–N with tert-alkyl or cyclic N) is 1. The van der Waals surface area contributed by atoms with Crippen molar-refractivity contribution in [3.63, 3.8) is 0 Å². The van der Waals surface area contributed by atoms with E-state index in [1.807, 2.05) is 0 Å². The van der Waals surface area contributed by atoms with Crippen molar-refractivity contribution in [3.8, 4) is 0 Å². The molecule has 3 heteroatoms. The molecule has 15 heavy (non-hydrogen) atoms. The van der Waals surface area contributed by atoms with Gasteiger partial charge in [-0.05, 0) is 11.8 Å². The predicted octanol–water partition coefficient (Wildman–Crippen LogP) is 0.984. The Balaban J connectivity index is 2.44. The summed E-state index contributed by atoms with van der Waals surface area (Å²) in [6.45, 7) is 9.80. The number of rotatable bonds is 3. The minimum absolute atomic E-state index is 0.290. The minimum Gasteiger partial charge on any atom is -0.390 e. The first-order valence-corrected chi connectivity index (χ1v) is 5.73. The lowest BCUT2D eigenvalue weighted by atomic mass is 9.83. The van der Waals surface area contributed by atoms with Crippen LogP contribution in [0.5, 0.6) is 0 Å². The highest BCUT2D eigenvalue weighted by molar-refractivity contribution is 5.14. The Morgan fingerprint density at radius 1 is 1.53 bits per heavy atom. The summed E-state index contributed by atoms with van der Waals surface area (Å²) in [5.41, 5.74) is 7.21. The van der Waals surface area contributed by atoms with E-state index < -0.39 is 0 Å². The summed E-state index contributed by atoms with van der Waals surface area (Å²) < 4.78 is 0. The maximum atomic E-state index is 9.45. The highest BCUT2D eigenvalue weighted by Gasteiger charge is 2.21. The molecule has 1 aliphatic rings. The van der Waals surface area contributed by atoms with Crippen LogP contribution in [-0.4, -0.2) is 42.3 Å². The molecule has 1 heterocycles. The molecule has 88 valence electrons. The molecule has 0 fully saturated rings. The molecule has 1 rings (SSSR count). The molecular weight excluding hydrogens is 188 g/mol. The van der Waals surface area contributed by atoms with Crippen LogP contribution >= 0.6 is 0 Å². The van der Waals surface area contributed by atoms with E-state index in [0.717, 1.165) is 19.5 Å². The fourth-order valence-corrected chi connectivity index (χ4v) is 1.93. The van der Waals surface area contributed by atoms with Crippen LogP contribution < -0.4 is 5.73 Å². The number of aliphatic hydroxyl groups excluding tert-OH is 1. The monoisotopic (exact) mass is 212 g/mol. The molecule has 3 N–H and O–H groups in total. The zero-order valence-corrected chi connectivity index (χ0v) is 10.2. The van der Waals surface area contributed by atoms with Gasteiger partial charge in [-0.15, -0.1) is 0 Å². The number of hydrogen-bond donors (Lipinski definition) is 2. The lowest BCUT2D eigenvalue weighted by Gasteiger charge is -2.32. The lowest BCUT2D eigenvalue weighted by Crippen LogP contribution is -2.39. The van der Waals surface area contributed by atoms with E-state index in [0.29, 0.717) is 18.5 Å². The molecule has 0 aliphatic carbocycles. The van der Waals surface area contributed by atoms with Crippen molar-refractivity contribution in [2.75, 3.05) is 26.2 Å². The smallest absolute Gasteiger partial charge is 0.0789 e. The maximum Gasteiger partial charge on any atom is 0.0789 e. The molecule has 0 saturated heterocycles. The van der Waals surface area contributed by atoms with Crippen LogP contribution in [0, 0.1) is 5.41 Å². The van der Waals surface area contributed by atoms with Crippen LogP contribution in [0.3, 0.4) is 0 Å². The average molecular weight is 212 g/mol. The zero-order valence-electron chi connectivity index (χ0n) is 10.2. The Bertz CT molecular complexity index is 230. The van der Waals surface area contributed by atoms with Gasteiger partial charge in [-0.3, -0.25) is 4.90 Å². The number of nitrogens with two attached hydrogens (primary N) is 1. The fraction of sp³-hybridized carbons (Fsp3) is 0.833. The topological polar surface area (TPSA) is 49.5 Å². The van der Waals surface area contributed by atoms with Crippen molar-refractivity contribution in [1.29, 1.82) is 0 Å². The minimum atomic E-state index is -0.380. The summed E-state index contributed by atoms with van der Waals surface area (Å²) in [5.74, 6) is 0. The number of aliphatic hydroxyl groups is 1. The SMILES string of the molecule is CC(C)(C)C1=CCN(CC(O)CN)CC1. The van der Waals surface area contributed by atoms with Gasteiger partial charge in [0.05, 0.1) is 6.10 Å². The molecule has 0 aromatic rings. The number of nitrogens with zero attached hydrogens (tertiary/aromatic N) is 1. The first-order chi connectivity index (χ1) is 6.93. The second-order valence-corrected chi connectivity index (χ2v) is 5.38. The molecule has 0 radical (unpaired) electrons. The van der Waals surface area contributed by atoms with Crippen LogP contribution in [0.25, 0.3) is 0 Å². The highest BCUT2D eigenvalue weighted by atomic mass is 16.3. The second-order valence-electron chi connectivity index (χ2n) is 5.38. The first kappa shape index (κ1) is 12.7. The molecule has 0 aromatic carbocycles. The van der Waals surface area contributed by atoms with Crippen LogP contribution in [-0.2, 0) is 0 Å². The second kappa shape index (κ2) is 5.10. The number of hydrogen-bond acceptors (Lipinski definition) is 3. The Morgan fingerprint density at radius 2 is 2.20 bits per heavy atom. The molecule has 0 aromatic heterocycles. The normalized spacial score (nSPS) is 21.3. The van der Waals surface area contributed by atoms with Gasteiger partial charge in [-0.25, -0.2) is 0 Å². The third-order valence-electron chi connectivity index (χ3n) is 3.00. The van der Waals surface area contributed by atoms with Gasteiger partial charge in [0.2, 0.25) is 0 Å². The van der Waals surface area contributed by atoms with Crippen molar-refractivity contribution in [2.24, 2.45) is 11.1 Å². The van der Waals surface area contributed by atoms with Crippen molar-refractivity contribution >= 4 is 0 Å². The molecule has 0 amide bonds. The molecule has 1 atom stereocenters. The fourth-order valence-electron chi connectivity index (χ4n) is 1.93. The van der Waals surface area contributed by atoms with E-state index in [2.05, 4.69) is 31.7 Å². The third-order valence-corrected chi connectivity index (χ3v) is 3.00. The van der Waals surface area contributed by atoms with Gasteiger partial charge in [0.25, 0.3) is 0 Å².